The predicted octanol–water partition coefficient (Wildman–Crippen LogP) is 4.02. The summed E-state index contributed by atoms with van der Waals surface area (Å²) >= 11 is 7.76. The van der Waals surface area contributed by atoms with Crippen LogP contribution in [0.5, 0.6) is 0 Å². The highest BCUT2D eigenvalue weighted by Crippen LogP contribution is 2.41. The fourth-order valence-electron chi connectivity index (χ4n) is 3.28. The summed E-state index contributed by atoms with van der Waals surface area (Å²) in [6, 6.07) is 9.03. The van der Waals surface area contributed by atoms with Crippen LogP contribution in [0.25, 0.3) is 0 Å². The third-order valence-corrected chi connectivity index (χ3v) is 5.43. The molecule has 3 heterocycles. The molecule has 0 saturated carbocycles. The fraction of sp³-hybridized carbons (Fsp3) is 0.438. The van der Waals surface area contributed by atoms with Crippen LogP contribution < -0.4 is 5.73 Å². The second-order valence-corrected chi connectivity index (χ2v) is 7.37. The zero-order valence-electron chi connectivity index (χ0n) is 12.1. The van der Waals surface area contributed by atoms with Crippen LogP contribution in [-0.2, 0) is 0 Å². The molecule has 1 aliphatic rings. The molecule has 0 amide bonds. The maximum Gasteiger partial charge on any atom is 0.0931 e. The standard InChI is InChI=1S/C16H20ClN3S/c1-11(18)16(14-4-5-15(17)21-14)20-10-2-3-13(20)12-6-8-19-9-7-12/h4-9,11,13,16H,2-3,10,18H2,1H3. The van der Waals surface area contributed by atoms with E-state index in [0.29, 0.717) is 6.04 Å². The minimum Gasteiger partial charge on any atom is -0.326 e. The largest absolute Gasteiger partial charge is 0.326 e. The van der Waals surface area contributed by atoms with Crippen molar-refractivity contribution in [3.8, 4) is 0 Å². The molecule has 1 aliphatic heterocycles. The molecule has 3 rings (SSSR count). The van der Waals surface area contributed by atoms with Crippen molar-refractivity contribution < 1.29 is 0 Å². The van der Waals surface area contributed by atoms with Gasteiger partial charge >= 0.3 is 0 Å². The van der Waals surface area contributed by atoms with E-state index in [0.717, 1.165) is 10.9 Å². The second kappa shape index (κ2) is 6.44. The van der Waals surface area contributed by atoms with Gasteiger partial charge in [-0.25, -0.2) is 0 Å². The Hall–Kier alpha value is -0.940. The van der Waals surface area contributed by atoms with Gasteiger partial charge < -0.3 is 5.73 Å². The van der Waals surface area contributed by atoms with Crippen molar-refractivity contribution in [2.24, 2.45) is 5.73 Å². The second-order valence-electron chi connectivity index (χ2n) is 5.62. The number of rotatable bonds is 4. The van der Waals surface area contributed by atoms with E-state index in [1.807, 2.05) is 18.5 Å². The third-order valence-electron chi connectivity index (χ3n) is 4.13. The molecule has 112 valence electrons. The van der Waals surface area contributed by atoms with E-state index < -0.39 is 0 Å². The summed E-state index contributed by atoms with van der Waals surface area (Å²) in [5, 5.41) is 0. The molecule has 2 aromatic rings. The van der Waals surface area contributed by atoms with Gasteiger partial charge in [0.2, 0.25) is 0 Å². The van der Waals surface area contributed by atoms with E-state index in [-0.39, 0.29) is 12.1 Å². The van der Waals surface area contributed by atoms with Gasteiger partial charge in [-0.1, -0.05) is 11.6 Å². The zero-order valence-corrected chi connectivity index (χ0v) is 13.6. The lowest BCUT2D eigenvalue weighted by Gasteiger charge is -2.35. The minimum absolute atomic E-state index is 0.0714. The molecule has 3 unspecified atom stereocenters. The van der Waals surface area contributed by atoms with Crippen LogP contribution in [0.2, 0.25) is 4.34 Å². The van der Waals surface area contributed by atoms with Crippen LogP contribution in [0.15, 0.2) is 36.7 Å². The molecule has 0 spiro atoms. The molecule has 5 heteroatoms. The van der Waals surface area contributed by atoms with Crippen molar-refractivity contribution in [3.63, 3.8) is 0 Å². The normalized spacial score (nSPS) is 22.3. The van der Waals surface area contributed by atoms with Gasteiger partial charge in [-0.05, 0) is 56.1 Å². The quantitative estimate of drug-likeness (QED) is 0.924. The Balaban J connectivity index is 1.91. The van der Waals surface area contributed by atoms with Crippen molar-refractivity contribution in [1.82, 2.24) is 9.88 Å². The molecule has 1 fully saturated rings. The number of halogens is 1. The highest BCUT2D eigenvalue weighted by molar-refractivity contribution is 7.16. The van der Waals surface area contributed by atoms with Gasteiger partial charge in [-0.15, -0.1) is 11.3 Å². The van der Waals surface area contributed by atoms with Crippen molar-refractivity contribution >= 4 is 22.9 Å². The highest BCUT2D eigenvalue weighted by atomic mass is 35.5. The Bertz CT molecular complexity index is 584. The number of pyridine rings is 1. The third kappa shape index (κ3) is 3.14. The maximum atomic E-state index is 6.31. The monoisotopic (exact) mass is 321 g/mol. The molecular weight excluding hydrogens is 302 g/mol. The summed E-state index contributed by atoms with van der Waals surface area (Å²) in [7, 11) is 0. The van der Waals surface area contributed by atoms with Gasteiger partial charge in [0, 0.05) is 29.4 Å². The Labute approximate surface area is 134 Å². The first-order valence-corrected chi connectivity index (χ1v) is 8.53. The van der Waals surface area contributed by atoms with Crippen molar-refractivity contribution in [3.05, 3.63) is 51.4 Å². The SMILES string of the molecule is CC(N)C(c1ccc(Cl)s1)N1CCCC1c1ccncc1. The Kier molecular flexibility index (Phi) is 4.60. The summed E-state index contributed by atoms with van der Waals surface area (Å²) in [4.78, 5) is 7.91. The summed E-state index contributed by atoms with van der Waals surface area (Å²) in [5.74, 6) is 0. The first kappa shape index (κ1) is 15.0. The average Bonchev–Trinajstić information content (AvgIpc) is 3.10. The Morgan fingerprint density at radius 3 is 2.71 bits per heavy atom. The maximum absolute atomic E-state index is 6.31. The van der Waals surface area contributed by atoms with Crippen molar-refractivity contribution in [2.45, 2.75) is 37.9 Å². The van der Waals surface area contributed by atoms with Crippen LogP contribution >= 0.6 is 22.9 Å². The van der Waals surface area contributed by atoms with Gasteiger partial charge in [-0.3, -0.25) is 9.88 Å². The molecule has 3 nitrogen and oxygen atoms in total. The first-order valence-electron chi connectivity index (χ1n) is 7.33. The van der Waals surface area contributed by atoms with E-state index in [4.69, 9.17) is 17.3 Å². The van der Waals surface area contributed by atoms with Crippen molar-refractivity contribution in [2.75, 3.05) is 6.54 Å². The smallest absolute Gasteiger partial charge is 0.0931 e. The minimum atomic E-state index is 0.0714. The molecule has 0 radical (unpaired) electrons. The number of nitrogens with zero attached hydrogens (tertiary/aromatic N) is 2. The topological polar surface area (TPSA) is 42.1 Å². The summed E-state index contributed by atoms with van der Waals surface area (Å²) < 4.78 is 0.829. The van der Waals surface area contributed by atoms with Gasteiger partial charge in [0.25, 0.3) is 0 Å². The molecule has 0 aliphatic carbocycles. The summed E-state index contributed by atoms with van der Waals surface area (Å²) in [6.07, 6.45) is 6.12. The lowest BCUT2D eigenvalue weighted by atomic mass is 10.0. The van der Waals surface area contributed by atoms with Gasteiger partial charge in [0.05, 0.1) is 10.4 Å². The van der Waals surface area contributed by atoms with Crippen LogP contribution in [0.4, 0.5) is 0 Å². The zero-order chi connectivity index (χ0) is 14.8. The molecule has 1 saturated heterocycles. The van der Waals surface area contributed by atoms with E-state index >= 15 is 0 Å². The average molecular weight is 322 g/mol. The van der Waals surface area contributed by atoms with Crippen molar-refractivity contribution in [1.29, 1.82) is 0 Å². The summed E-state index contributed by atoms with van der Waals surface area (Å²) in [6.45, 7) is 3.16. The van der Waals surface area contributed by atoms with Crippen LogP contribution in [0.1, 0.15) is 42.3 Å². The predicted molar refractivity (Wildman–Crippen MR) is 88.6 cm³/mol. The molecule has 21 heavy (non-hydrogen) atoms. The van der Waals surface area contributed by atoms with Gasteiger partial charge in [0.15, 0.2) is 0 Å². The number of likely N-dealkylation sites (tertiary alicyclic amines) is 1. The van der Waals surface area contributed by atoms with E-state index in [1.54, 1.807) is 11.3 Å². The molecule has 3 atom stereocenters. The molecule has 0 aromatic carbocycles. The van der Waals surface area contributed by atoms with Gasteiger partial charge in [0.1, 0.15) is 0 Å². The number of nitrogens with two attached hydrogens (primary N) is 1. The number of hydrogen-bond acceptors (Lipinski definition) is 4. The molecular formula is C16H20ClN3S. The first-order chi connectivity index (χ1) is 10.2. The van der Waals surface area contributed by atoms with Crippen LogP contribution in [0, 0.1) is 0 Å². The highest BCUT2D eigenvalue weighted by Gasteiger charge is 2.35. The Morgan fingerprint density at radius 1 is 1.33 bits per heavy atom. The lowest BCUT2D eigenvalue weighted by molar-refractivity contribution is 0.163. The summed E-state index contributed by atoms with van der Waals surface area (Å²) in [5.41, 5.74) is 7.64. The molecule has 2 N–H and O–H groups in total. The Morgan fingerprint density at radius 2 is 2.10 bits per heavy atom. The van der Waals surface area contributed by atoms with E-state index in [2.05, 4.69) is 35.0 Å². The number of hydrogen-bond donors (Lipinski definition) is 1. The van der Waals surface area contributed by atoms with Gasteiger partial charge in [-0.2, -0.15) is 0 Å². The fourth-order valence-corrected chi connectivity index (χ4v) is 4.58. The van der Waals surface area contributed by atoms with E-state index in [9.17, 15) is 0 Å². The lowest BCUT2D eigenvalue weighted by Crippen LogP contribution is -2.38. The van der Waals surface area contributed by atoms with E-state index in [1.165, 1.54) is 23.3 Å². The number of aromatic nitrogens is 1. The molecule has 2 aromatic heterocycles. The van der Waals surface area contributed by atoms with Crippen LogP contribution in [-0.4, -0.2) is 22.5 Å². The van der Waals surface area contributed by atoms with Crippen LogP contribution in [0.3, 0.4) is 0 Å². The number of thiophene rings is 1. The molecule has 0 bridgehead atoms.